The Labute approximate surface area is 115 Å². The predicted octanol–water partition coefficient (Wildman–Crippen LogP) is 2.83. The Hall–Kier alpha value is -1.63. The van der Waals surface area contributed by atoms with Crippen molar-refractivity contribution in [2.75, 3.05) is 23.7 Å². The number of piperidine rings is 1. The molecule has 0 aliphatic carbocycles. The Bertz CT molecular complexity index is 481. The molecular formula is C15H24N4. The lowest BCUT2D eigenvalue weighted by Gasteiger charge is -2.34. The zero-order chi connectivity index (χ0) is 14.0. The summed E-state index contributed by atoms with van der Waals surface area (Å²) >= 11 is 0. The van der Waals surface area contributed by atoms with E-state index in [2.05, 4.69) is 36.3 Å². The average molecular weight is 260 g/mol. The first-order chi connectivity index (χ1) is 9.02. The molecule has 1 aromatic rings. The fourth-order valence-electron chi connectivity index (χ4n) is 2.94. The molecule has 4 nitrogen and oxygen atoms in total. The lowest BCUT2D eigenvalue weighted by molar-refractivity contribution is 0.434. The number of nitrogens with two attached hydrogens (primary N) is 1. The fourth-order valence-corrected chi connectivity index (χ4v) is 2.94. The van der Waals surface area contributed by atoms with Crippen molar-refractivity contribution in [3.05, 3.63) is 11.8 Å². The molecule has 0 spiro atoms. The Morgan fingerprint density at radius 2 is 2.26 bits per heavy atom. The van der Waals surface area contributed by atoms with Gasteiger partial charge in [0.15, 0.2) is 0 Å². The van der Waals surface area contributed by atoms with Crippen LogP contribution >= 0.6 is 0 Å². The monoisotopic (exact) mass is 260 g/mol. The van der Waals surface area contributed by atoms with Crippen molar-refractivity contribution in [1.82, 2.24) is 4.57 Å². The second-order valence-electron chi connectivity index (χ2n) is 6.12. The van der Waals surface area contributed by atoms with Crippen LogP contribution in [0.4, 0.5) is 11.5 Å². The molecule has 0 radical (unpaired) electrons. The first kappa shape index (κ1) is 13.8. The van der Waals surface area contributed by atoms with E-state index < -0.39 is 0 Å². The molecule has 1 aromatic heterocycles. The van der Waals surface area contributed by atoms with Crippen LogP contribution in [0.5, 0.6) is 0 Å². The molecule has 104 valence electrons. The third kappa shape index (κ3) is 2.86. The van der Waals surface area contributed by atoms with Crippen molar-refractivity contribution in [1.29, 1.82) is 5.26 Å². The van der Waals surface area contributed by atoms with Gasteiger partial charge in [0.25, 0.3) is 0 Å². The van der Waals surface area contributed by atoms with Gasteiger partial charge in [0.05, 0.1) is 5.69 Å². The number of nitriles is 1. The van der Waals surface area contributed by atoms with E-state index in [1.807, 2.05) is 6.07 Å². The van der Waals surface area contributed by atoms with Crippen LogP contribution in [0.1, 0.15) is 39.3 Å². The summed E-state index contributed by atoms with van der Waals surface area (Å²) in [7, 11) is 0. The summed E-state index contributed by atoms with van der Waals surface area (Å²) in [6, 6.07) is 4.09. The highest BCUT2D eigenvalue weighted by atomic mass is 15.3. The predicted molar refractivity (Wildman–Crippen MR) is 79.0 cm³/mol. The Balaban J connectivity index is 2.37. The van der Waals surface area contributed by atoms with Crippen LogP contribution in [0, 0.1) is 23.2 Å². The fraction of sp³-hybridized carbons (Fsp3) is 0.667. The van der Waals surface area contributed by atoms with Crippen LogP contribution in [-0.2, 0) is 6.54 Å². The molecule has 1 aliphatic rings. The molecule has 0 bridgehead atoms. The molecule has 2 N–H and O–H groups in total. The molecule has 0 saturated carbocycles. The molecule has 1 saturated heterocycles. The second kappa shape index (κ2) is 5.56. The molecule has 1 fully saturated rings. The minimum Gasteiger partial charge on any atom is -0.396 e. The summed E-state index contributed by atoms with van der Waals surface area (Å²) < 4.78 is 2.10. The highest BCUT2D eigenvalue weighted by Crippen LogP contribution is 2.32. The van der Waals surface area contributed by atoms with Crippen LogP contribution in [0.15, 0.2) is 6.07 Å². The standard InChI is InChI=1S/C15H24N4/c1-11(2)9-19-13(8-16)7-14(17)15(19)18-6-4-5-12(3)10-18/h7,11-12H,4-6,9-10,17H2,1-3H3/t12-/m1/s1. The third-order valence-corrected chi connectivity index (χ3v) is 3.72. The molecule has 2 rings (SSSR count). The number of hydrogen-bond donors (Lipinski definition) is 1. The second-order valence-corrected chi connectivity index (χ2v) is 6.12. The summed E-state index contributed by atoms with van der Waals surface area (Å²) in [4.78, 5) is 2.35. The maximum atomic E-state index is 9.27. The maximum Gasteiger partial charge on any atom is 0.133 e. The molecule has 2 heterocycles. The molecule has 1 atom stereocenters. The zero-order valence-corrected chi connectivity index (χ0v) is 12.2. The molecule has 0 aromatic carbocycles. The molecule has 4 heteroatoms. The van der Waals surface area contributed by atoms with Crippen LogP contribution < -0.4 is 10.6 Å². The maximum absolute atomic E-state index is 9.27. The van der Waals surface area contributed by atoms with E-state index in [0.29, 0.717) is 17.5 Å². The highest BCUT2D eigenvalue weighted by molar-refractivity contribution is 5.68. The summed E-state index contributed by atoms with van der Waals surface area (Å²) in [5.41, 5.74) is 7.58. The van der Waals surface area contributed by atoms with E-state index in [9.17, 15) is 5.26 Å². The Kier molecular flexibility index (Phi) is 4.04. The van der Waals surface area contributed by atoms with Gasteiger partial charge in [0.1, 0.15) is 17.6 Å². The first-order valence-electron chi connectivity index (χ1n) is 7.17. The van der Waals surface area contributed by atoms with Crippen molar-refractivity contribution in [2.45, 2.75) is 40.2 Å². The molecular weight excluding hydrogens is 236 g/mol. The first-order valence-corrected chi connectivity index (χ1v) is 7.17. The molecule has 1 aliphatic heterocycles. The van der Waals surface area contributed by atoms with E-state index in [0.717, 1.165) is 31.1 Å². The third-order valence-electron chi connectivity index (χ3n) is 3.72. The van der Waals surface area contributed by atoms with Gasteiger partial charge in [-0.15, -0.1) is 0 Å². The van der Waals surface area contributed by atoms with E-state index in [1.165, 1.54) is 12.8 Å². The van der Waals surface area contributed by atoms with Gasteiger partial charge in [-0.2, -0.15) is 5.26 Å². The number of rotatable bonds is 3. The smallest absolute Gasteiger partial charge is 0.133 e. The van der Waals surface area contributed by atoms with Gasteiger partial charge < -0.3 is 15.2 Å². The van der Waals surface area contributed by atoms with Gasteiger partial charge in [-0.05, 0) is 30.7 Å². The van der Waals surface area contributed by atoms with Crippen LogP contribution in [0.25, 0.3) is 0 Å². The minimum atomic E-state index is 0.500. The normalized spacial score (nSPS) is 19.7. The molecule has 19 heavy (non-hydrogen) atoms. The SMILES string of the molecule is CC(C)Cn1c(C#N)cc(N)c1N1CCC[C@@H](C)C1. The average Bonchev–Trinajstić information content (AvgIpc) is 2.64. The van der Waals surface area contributed by atoms with Gasteiger partial charge in [0, 0.05) is 19.6 Å². The number of hydrogen-bond acceptors (Lipinski definition) is 3. The number of nitrogens with zero attached hydrogens (tertiary/aromatic N) is 3. The van der Waals surface area contributed by atoms with E-state index in [4.69, 9.17) is 5.73 Å². The summed E-state index contributed by atoms with van der Waals surface area (Å²) in [5.74, 6) is 2.25. The van der Waals surface area contributed by atoms with Gasteiger partial charge in [-0.1, -0.05) is 20.8 Å². The number of anilines is 2. The van der Waals surface area contributed by atoms with E-state index in [-0.39, 0.29) is 0 Å². The molecule has 0 unspecified atom stereocenters. The van der Waals surface area contributed by atoms with Crippen molar-refractivity contribution in [3.8, 4) is 6.07 Å². The molecule has 0 amide bonds. The van der Waals surface area contributed by atoms with Crippen molar-refractivity contribution >= 4 is 11.5 Å². The number of nitrogen functional groups attached to an aromatic ring is 1. The van der Waals surface area contributed by atoms with Gasteiger partial charge >= 0.3 is 0 Å². The van der Waals surface area contributed by atoms with E-state index in [1.54, 1.807) is 0 Å². The highest BCUT2D eigenvalue weighted by Gasteiger charge is 2.23. The quantitative estimate of drug-likeness (QED) is 0.909. The number of aromatic nitrogens is 1. The summed E-state index contributed by atoms with van der Waals surface area (Å²) in [6.07, 6.45) is 2.49. The lowest BCUT2D eigenvalue weighted by Crippen LogP contribution is -2.36. The summed E-state index contributed by atoms with van der Waals surface area (Å²) in [6.45, 7) is 9.54. The van der Waals surface area contributed by atoms with Crippen molar-refractivity contribution in [3.63, 3.8) is 0 Å². The zero-order valence-electron chi connectivity index (χ0n) is 12.2. The largest absolute Gasteiger partial charge is 0.396 e. The lowest BCUT2D eigenvalue weighted by atomic mass is 10.0. The van der Waals surface area contributed by atoms with Gasteiger partial charge in [-0.25, -0.2) is 0 Å². The van der Waals surface area contributed by atoms with Crippen molar-refractivity contribution < 1.29 is 0 Å². The van der Waals surface area contributed by atoms with Gasteiger partial charge in [-0.3, -0.25) is 0 Å². The van der Waals surface area contributed by atoms with Crippen LogP contribution in [0.2, 0.25) is 0 Å². The Morgan fingerprint density at radius 3 is 2.84 bits per heavy atom. The Morgan fingerprint density at radius 1 is 1.53 bits per heavy atom. The van der Waals surface area contributed by atoms with Gasteiger partial charge in [0.2, 0.25) is 0 Å². The van der Waals surface area contributed by atoms with Crippen LogP contribution in [0.3, 0.4) is 0 Å². The topological polar surface area (TPSA) is 58.0 Å². The summed E-state index contributed by atoms with van der Waals surface area (Å²) in [5, 5.41) is 9.27. The minimum absolute atomic E-state index is 0.500. The van der Waals surface area contributed by atoms with E-state index >= 15 is 0 Å². The van der Waals surface area contributed by atoms with Crippen LogP contribution in [-0.4, -0.2) is 17.7 Å². The van der Waals surface area contributed by atoms with Crippen molar-refractivity contribution in [2.24, 2.45) is 11.8 Å².